The number of anilines is 1. The van der Waals surface area contributed by atoms with Crippen LogP contribution in [0, 0.1) is 0 Å². The van der Waals surface area contributed by atoms with E-state index in [1.807, 2.05) is 29.6 Å². The molecule has 4 rings (SSSR count). The number of primary amides is 1. The first kappa shape index (κ1) is 17.2. The summed E-state index contributed by atoms with van der Waals surface area (Å²) in [4.78, 5) is 34.2. The Kier molecular flexibility index (Phi) is 4.33. The van der Waals surface area contributed by atoms with Gasteiger partial charge >= 0.3 is 0 Å². The molecule has 27 heavy (non-hydrogen) atoms. The number of hydrogen-bond acceptors (Lipinski definition) is 6. The number of pyridine rings is 1. The van der Waals surface area contributed by atoms with Crippen molar-refractivity contribution in [3.63, 3.8) is 0 Å². The third-order valence-corrected chi connectivity index (χ3v) is 5.03. The highest BCUT2D eigenvalue weighted by Gasteiger charge is 2.32. The maximum absolute atomic E-state index is 12.4. The molecule has 1 atom stereocenters. The first-order valence-electron chi connectivity index (χ1n) is 8.30. The Morgan fingerprint density at radius 1 is 1.30 bits per heavy atom. The number of ether oxygens (including phenoxy) is 1. The summed E-state index contributed by atoms with van der Waals surface area (Å²) < 4.78 is 5.65. The van der Waals surface area contributed by atoms with Crippen LogP contribution in [0.4, 0.5) is 5.69 Å². The quantitative estimate of drug-likeness (QED) is 0.750. The molecule has 136 valence electrons. The molecule has 0 saturated heterocycles. The summed E-state index contributed by atoms with van der Waals surface area (Å²) in [5, 5.41) is 2.73. The average Bonchev–Trinajstić information content (AvgIpc) is 3.16. The van der Waals surface area contributed by atoms with Gasteiger partial charge in [-0.3, -0.25) is 19.5 Å². The molecular formula is C19H16N4O3S. The summed E-state index contributed by atoms with van der Waals surface area (Å²) >= 11 is 1.49. The summed E-state index contributed by atoms with van der Waals surface area (Å²) in [7, 11) is 0. The third kappa shape index (κ3) is 3.26. The summed E-state index contributed by atoms with van der Waals surface area (Å²) in [6.07, 6.45) is 1.05. The minimum Gasteiger partial charge on any atom is -0.479 e. The number of thiazole rings is 1. The summed E-state index contributed by atoms with van der Waals surface area (Å²) in [6, 6.07) is 11.1. The molecule has 1 unspecified atom stereocenters. The molecule has 3 aromatic rings. The van der Waals surface area contributed by atoms with Crippen LogP contribution >= 0.6 is 11.3 Å². The highest BCUT2D eigenvalue weighted by atomic mass is 32.1. The summed E-state index contributed by atoms with van der Waals surface area (Å²) in [5.41, 5.74) is 8.20. The van der Waals surface area contributed by atoms with Crippen LogP contribution < -0.4 is 15.4 Å². The van der Waals surface area contributed by atoms with Gasteiger partial charge in [0.1, 0.15) is 17.3 Å². The second-order valence-corrected chi connectivity index (χ2v) is 6.94. The number of benzene rings is 1. The standard InChI is InChI=1S/C19H16N4O3S/c1-11-19(25)23(9-17(20)24)15-8-12(5-6-16(15)26-11)14-10-27-18(22-14)13-4-2-3-7-21-13/h2-8,10-11H,9H2,1H3,(H2,20,24). The van der Waals surface area contributed by atoms with Gasteiger partial charge in [-0.05, 0) is 37.3 Å². The van der Waals surface area contributed by atoms with Crippen molar-refractivity contribution in [1.82, 2.24) is 9.97 Å². The van der Waals surface area contributed by atoms with E-state index in [4.69, 9.17) is 10.5 Å². The van der Waals surface area contributed by atoms with Gasteiger partial charge in [0.15, 0.2) is 6.10 Å². The Morgan fingerprint density at radius 3 is 2.89 bits per heavy atom. The van der Waals surface area contributed by atoms with Gasteiger partial charge in [0.2, 0.25) is 5.91 Å². The molecule has 0 spiro atoms. The molecule has 1 aliphatic heterocycles. The Balaban J connectivity index is 1.72. The Morgan fingerprint density at radius 2 is 2.15 bits per heavy atom. The largest absolute Gasteiger partial charge is 0.479 e. The molecule has 0 fully saturated rings. The van der Waals surface area contributed by atoms with Crippen LogP contribution in [0.1, 0.15) is 6.92 Å². The van der Waals surface area contributed by atoms with E-state index >= 15 is 0 Å². The molecule has 7 nitrogen and oxygen atoms in total. The van der Waals surface area contributed by atoms with Crippen molar-refractivity contribution >= 4 is 28.8 Å². The second kappa shape index (κ2) is 6.81. The van der Waals surface area contributed by atoms with Gasteiger partial charge in [-0.1, -0.05) is 6.07 Å². The zero-order valence-electron chi connectivity index (χ0n) is 14.5. The lowest BCUT2D eigenvalue weighted by Crippen LogP contribution is -2.47. The first-order valence-corrected chi connectivity index (χ1v) is 9.18. The van der Waals surface area contributed by atoms with Crippen LogP contribution in [-0.2, 0) is 9.59 Å². The molecule has 3 heterocycles. The number of nitrogens with zero attached hydrogens (tertiary/aromatic N) is 3. The predicted molar refractivity (Wildman–Crippen MR) is 102 cm³/mol. The molecular weight excluding hydrogens is 364 g/mol. The van der Waals surface area contributed by atoms with E-state index in [1.54, 1.807) is 25.3 Å². The number of fused-ring (bicyclic) bond motifs is 1. The molecule has 1 aliphatic rings. The minimum atomic E-state index is -0.669. The number of amides is 2. The van der Waals surface area contributed by atoms with E-state index < -0.39 is 12.0 Å². The fraction of sp³-hybridized carbons (Fsp3) is 0.158. The van der Waals surface area contributed by atoms with Crippen molar-refractivity contribution in [3.8, 4) is 27.7 Å². The molecule has 0 bridgehead atoms. The number of rotatable bonds is 4. The lowest BCUT2D eigenvalue weighted by Gasteiger charge is -2.32. The van der Waals surface area contributed by atoms with Crippen LogP contribution in [0.5, 0.6) is 5.75 Å². The van der Waals surface area contributed by atoms with Crippen molar-refractivity contribution < 1.29 is 14.3 Å². The zero-order chi connectivity index (χ0) is 19.0. The van der Waals surface area contributed by atoms with E-state index in [1.165, 1.54) is 16.2 Å². The van der Waals surface area contributed by atoms with Gasteiger partial charge < -0.3 is 10.5 Å². The van der Waals surface area contributed by atoms with E-state index in [0.717, 1.165) is 22.0 Å². The molecule has 8 heteroatoms. The van der Waals surface area contributed by atoms with Gasteiger partial charge in [-0.15, -0.1) is 11.3 Å². The van der Waals surface area contributed by atoms with E-state index in [0.29, 0.717) is 11.4 Å². The van der Waals surface area contributed by atoms with Crippen LogP contribution in [0.2, 0.25) is 0 Å². The van der Waals surface area contributed by atoms with Crippen LogP contribution in [0.25, 0.3) is 22.0 Å². The minimum absolute atomic E-state index is 0.195. The third-order valence-electron chi connectivity index (χ3n) is 4.17. The Hall–Kier alpha value is -3.26. The van der Waals surface area contributed by atoms with Gasteiger partial charge in [0.05, 0.1) is 17.1 Å². The van der Waals surface area contributed by atoms with E-state index in [-0.39, 0.29) is 12.5 Å². The van der Waals surface area contributed by atoms with Crippen molar-refractivity contribution in [3.05, 3.63) is 48.0 Å². The fourth-order valence-electron chi connectivity index (χ4n) is 2.90. The van der Waals surface area contributed by atoms with Gasteiger partial charge in [0.25, 0.3) is 5.91 Å². The topological polar surface area (TPSA) is 98.4 Å². The van der Waals surface area contributed by atoms with Crippen LogP contribution in [0.3, 0.4) is 0 Å². The average molecular weight is 380 g/mol. The molecule has 0 saturated carbocycles. The monoisotopic (exact) mass is 380 g/mol. The van der Waals surface area contributed by atoms with Crippen molar-refractivity contribution in [2.75, 3.05) is 11.4 Å². The lowest BCUT2D eigenvalue weighted by molar-refractivity contribution is -0.127. The fourth-order valence-corrected chi connectivity index (χ4v) is 3.70. The number of nitrogens with two attached hydrogens (primary N) is 1. The lowest BCUT2D eigenvalue weighted by atomic mass is 10.1. The van der Waals surface area contributed by atoms with Gasteiger partial charge in [0, 0.05) is 17.1 Å². The zero-order valence-corrected chi connectivity index (χ0v) is 15.3. The summed E-state index contributed by atoms with van der Waals surface area (Å²) in [5.74, 6) is -0.349. The molecule has 0 radical (unpaired) electrons. The molecule has 2 N–H and O–H groups in total. The van der Waals surface area contributed by atoms with E-state index in [2.05, 4.69) is 9.97 Å². The Labute approximate surface area is 159 Å². The number of carbonyl (C=O) groups is 2. The van der Waals surface area contributed by atoms with Crippen LogP contribution in [0.15, 0.2) is 48.0 Å². The van der Waals surface area contributed by atoms with E-state index in [9.17, 15) is 9.59 Å². The molecule has 2 amide bonds. The van der Waals surface area contributed by atoms with Gasteiger partial charge in [-0.25, -0.2) is 4.98 Å². The van der Waals surface area contributed by atoms with Crippen molar-refractivity contribution in [2.45, 2.75) is 13.0 Å². The number of aromatic nitrogens is 2. The summed E-state index contributed by atoms with van der Waals surface area (Å²) in [6.45, 7) is 1.45. The number of carbonyl (C=O) groups excluding carboxylic acids is 2. The predicted octanol–water partition coefficient (Wildman–Crippen LogP) is 2.47. The normalized spacial score (nSPS) is 16.0. The van der Waals surface area contributed by atoms with Crippen molar-refractivity contribution in [2.24, 2.45) is 5.73 Å². The SMILES string of the molecule is CC1Oc2ccc(-c3csc(-c4ccccn4)n3)cc2N(CC(N)=O)C1=O. The second-order valence-electron chi connectivity index (χ2n) is 6.09. The maximum atomic E-state index is 12.4. The maximum Gasteiger partial charge on any atom is 0.268 e. The van der Waals surface area contributed by atoms with Gasteiger partial charge in [-0.2, -0.15) is 0 Å². The molecule has 2 aromatic heterocycles. The van der Waals surface area contributed by atoms with Crippen LogP contribution in [-0.4, -0.2) is 34.4 Å². The highest BCUT2D eigenvalue weighted by Crippen LogP contribution is 2.38. The first-order chi connectivity index (χ1) is 13.0. The Bertz CT molecular complexity index is 1020. The smallest absolute Gasteiger partial charge is 0.268 e. The molecule has 0 aliphatic carbocycles. The molecule has 1 aromatic carbocycles. The number of hydrogen-bond donors (Lipinski definition) is 1. The highest BCUT2D eigenvalue weighted by molar-refractivity contribution is 7.13. The van der Waals surface area contributed by atoms with Crippen molar-refractivity contribution in [1.29, 1.82) is 0 Å².